The van der Waals surface area contributed by atoms with Gasteiger partial charge in [0.2, 0.25) is 11.8 Å². The van der Waals surface area contributed by atoms with Crippen LogP contribution in [0.25, 0.3) is 11.1 Å². The molecular formula is C20H24ClN3O3. The van der Waals surface area contributed by atoms with Gasteiger partial charge >= 0.3 is 0 Å². The number of likely N-dealkylation sites (tertiary alicyclic amines) is 1. The van der Waals surface area contributed by atoms with Gasteiger partial charge < -0.3 is 14.6 Å². The Morgan fingerprint density at radius 2 is 2.04 bits per heavy atom. The molecule has 1 saturated heterocycles. The third-order valence-electron chi connectivity index (χ3n) is 5.82. The van der Waals surface area contributed by atoms with Gasteiger partial charge in [-0.2, -0.15) is 0 Å². The number of fused-ring (bicyclic) bond motifs is 1. The largest absolute Gasteiger partial charge is 0.440 e. The Hall–Kier alpha value is -2.08. The van der Waals surface area contributed by atoms with Crippen LogP contribution in [0.2, 0.25) is 5.02 Å². The second kappa shape index (κ2) is 7.50. The van der Waals surface area contributed by atoms with Crippen LogP contribution in [-0.2, 0) is 9.59 Å². The first-order valence-corrected chi connectivity index (χ1v) is 9.97. The highest BCUT2D eigenvalue weighted by Crippen LogP contribution is 2.34. The van der Waals surface area contributed by atoms with Crippen LogP contribution in [-0.4, -0.2) is 41.3 Å². The summed E-state index contributed by atoms with van der Waals surface area (Å²) in [5.41, 5.74) is 1.55. The van der Waals surface area contributed by atoms with Gasteiger partial charge in [-0.05, 0) is 50.3 Å². The highest BCUT2D eigenvalue weighted by atomic mass is 35.5. The molecule has 6 nitrogen and oxygen atoms in total. The average molecular weight is 390 g/mol. The van der Waals surface area contributed by atoms with Crippen molar-refractivity contribution >= 4 is 34.5 Å². The number of hydrogen-bond donors (Lipinski definition) is 1. The van der Waals surface area contributed by atoms with E-state index in [0.717, 1.165) is 49.1 Å². The predicted molar refractivity (Wildman–Crippen MR) is 103 cm³/mol. The van der Waals surface area contributed by atoms with Crippen LogP contribution >= 0.6 is 11.6 Å². The average Bonchev–Trinajstić information content (AvgIpc) is 3.07. The molecule has 1 N–H and O–H groups in total. The molecule has 2 fully saturated rings. The molecule has 7 heteroatoms. The summed E-state index contributed by atoms with van der Waals surface area (Å²) >= 11 is 6.02. The van der Waals surface area contributed by atoms with Crippen LogP contribution in [0.1, 0.15) is 50.3 Å². The fraction of sp³-hybridized carbons (Fsp3) is 0.550. The van der Waals surface area contributed by atoms with E-state index in [1.54, 1.807) is 18.0 Å². The van der Waals surface area contributed by atoms with Crippen LogP contribution in [0, 0.1) is 5.92 Å². The zero-order valence-corrected chi connectivity index (χ0v) is 16.2. The SMILES string of the molecule is CN1CCC(C(=O)NC2CCC(c3nc4cc(Cl)ccc4o3)CC2)CC1=O. The van der Waals surface area contributed by atoms with E-state index in [9.17, 15) is 9.59 Å². The van der Waals surface area contributed by atoms with Gasteiger partial charge in [-0.15, -0.1) is 0 Å². The lowest BCUT2D eigenvalue weighted by molar-refractivity contribution is -0.139. The molecule has 1 unspecified atom stereocenters. The molecule has 2 aromatic rings. The molecule has 0 spiro atoms. The van der Waals surface area contributed by atoms with Gasteiger partial charge in [0, 0.05) is 42.9 Å². The number of oxazole rings is 1. The van der Waals surface area contributed by atoms with Crippen molar-refractivity contribution in [3.63, 3.8) is 0 Å². The summed E-state index contributed by atoms with van der Waals surface area (Å²) < 4.78 is 5.90. The Morgan fingerprint density at radius 1 is 1.26 bits per heavy atom. The predicted octanol–water partition coefficient (Wildman–Crippen LogP) is 3.49. The Kier molecular flexibility index (Phi) is 5.08. The van der Waals surface area contributed by atoms with Gasteiger partial charge in [-0.25, -0.2) is 4.98 Å². The summed E-state index contributed by atoms with van der Waals surface area (Å²) in [4.78, 5) is 30.6. The van der Waals surface area contributed by atoms with Crippen molar-refractivity contribution in [1.29, 1.82) is 0 Å². The number of carbonyl (C=O) groups excluding carboxylic acids is 2. The molecule has 1 aliphatic carbocycles. The van der Waals surface area contributed by atoms with E-state index in [0.29, 0.717) is 18.0 Å². The zero-order valence-electron chi connectivity index (χ0n) is 15.4. The minimum Gasteiger partial charge on any atom is -0.440 e. The first-order chi connectivity index (χ1) is 13.0. The molecule has 1 atom stereocenters. The first-order valence-electron chi connectivity index (χ1n) is 9.60. The van der Waals surface area contributed by atoms with Crippen LogP contribution in [0.15, 0.2) is 22.6 Å². The standard InChI is InChI=1S/C20H24ClN3O3/c1-24-9-8-13(10-18(24)25)19(26)22-15-5-2-12(3-6-15)20-23-16-11-14(21)4-7-17(16)27-20/h4,7,11-13,15H,2-3,5-6,8-10H2,1H3,(H,22,26). The van der Waals surface area contributed by atoms with Gasteiger partial charge in [0.1, 0.15) is 5.52 Å². The summed E-state index contributed by atoms with van der Waals surface area (Å²) in [6, 6.07) is 5.64. The molecule has 2 heterocycles. The van der Waals surface area contributed by atoms with Crippen molar-refractivity contribution in [2.24, 2.45) is 5.92 Å². The van der Waals surface area contributed by atoms with Crippen LogP contribution in [0.4, 0.5) is 0 Å². The van der Waals surface area contributed by atoms with Crippen LogP contribution < -0.4 is 5.32 Å². The quantitative estimate of drug-likeness (QED) is 0.871. The molecule has 2 amide bonds. The summed E-state index contributed by atoms with van der Waals surface area (Å²) in [6.45, 7) is 0.658. The molecule has 1 aromatic heterocycles. The first kappa shape index (κ1) is 18.3. The fourth-order valence-corrected chi connectivity index (χ4v) is 4.23. The van der Waals surface area contributed by atoms with E-state index in [-0.39, 0.29) is 29.7 Å². The smallest absolute Gasteiger partial charge is 0.223 e. The number of aromatic nitrogens is 1. The van der Waals surface area contributed by atoms with E-state index >= 15 is 0 Å². The van der Waals surface area contributed by atoms with Crippen molar-refractivity contribution in [2.45, 2.75) is 50.5 Å². The van der Waals surface area contributed by atoms with E-state index in [1.165, 1.54) is 0 Å². The van der Waals surface area contributed by atoms with Crippen LogP contribution in [0.5, 0.6) is 0 Å². The lowest BCUT2D eigenvalue weighted by atomic mass is 9.85. The molecule has 4 rings (SSSR count). The third kappa shape index (κ3) is 3.95. The highest BCUT2D eigenvalue weighted by Gasteiger charge is 2.32. The maximum Gasteiger partial charge on any atom is 0.223 e. The Bertz CT molecular complexity index is 857. The number of hydrogen-bond acceptors (Lipinski definition) is 4. The van der Waals surface area contributed by atoms with E-state index in [2.05, 4.69) is 10.3 Å². The van der Waals surface area contributed by atoms with Crippen molar-refractivity contribution in [3.8, 4) is 0 Å². The van der Waals surface area contributed by atoms with Crippen molar-refractivity contribution in [2.75, 3.05) is 13.6 Å². The number of amides is 2. The molecule has 2 aliphatic rings. The number of halogens is 1. The highest BCUT2D eigenvalue weighted by molar-refractivity contribution is 6.31. The molecule has 1 aliphatic heterocycles. The zero-order chi connectivity index (χ0) is 19.0. The topological polar surface area (TPSA) is 75.4 Å². The lowest BCUT2D eigenvalue weighted by Crippen LogP contribution is -2.45. The van der Waals surface area contributed by atoms with E-state index < -0.39 is 0 Å². The van der Waals surface area contributed by atoms with E-state index in [4.69, 9.17) is 16.0 Å². The van der Waals surface area contributed by atoms with Crippen molar-refractivity contribution in [3.05, 3.63) is 29.1 Å². The van der Waals surface area contributed by atoms with Gasteiger partial charge in [-0.1, -0.05) is 11.6 Å². The summed E-state index contributed by atoms with van der Waals surface area (Å²) in [7, 11) is 1.79. The molecular weight excluding hydrogens is 366 g/mol. The minimum absolute atomic E-state index is 0.0244. The number of nitrogens with zero attached hydrogens (tertiary/aromatic N) is 2. The molecule has 1 saturated carbocycles. The summed E-state index contributed by atoms with van der Waals surface area (Å²) in [5, 5.41) is 3.81. The number of benzene rings is 1. The van der Waals surface area contributed by atoms with E-state index in [1.807, 2.05) is 12.1 Å². The second-order valence-corrected chi connectivity index (χ2v) is 8.16. The number of piperidine rings is 1. The van der Waals surface area contributed by atoms with Gasteiger partial charge in [-0.3, -0.25) is 9.59 Å². The number of rotatable bonds is 3. The molecule has 1 aromatic carbocycles. The second-order valence-electron chi connectivity index (χ2n) is 7.73. The lowest BCUT2D eigenvalue weighted by Gasteiger charge is -2.31. The van der Waals surface area contributed by atoms with Crippen molar-refractivity contribution < 1.29 is 14.0 Å². The van der Waals surface area contributed by atoms with Gasteiger partial charge in [0.25, 0.3) is 0 Å². The molecule has 0 radical (unpaired) electrons. The Morgan fingerprint density at radius 3 is 2.78 bits per heavy atom. The minimum atomic E-state index is -0.187. The maximum absolute atomic E-state index is 12.5. The van der Waals surface area contributed by atoms with Gasteiger partial charge in [0.05, 0.1) is 0 Å². The molecule has 144 valence electrons. The third-order valence-corrected chi connectivity index (χ3v) is 6.05. The van der Waals surface area contributed by atoms with Crippen LogP contribution in [0.3, 0.4) is 0 Å². The Balaban J connectivity index is 1.32. The molecule has 0 bridgehead atoms. The summed E-state index contributed by atoms with van der Waals surface area (Å²) in [5.74, 6) is 0.929. The van der Waals surface area contributed by atoms with Crippen molar-refractivity contribution in [1.82, 2.24) is 15.2 Å². The Labute approximate surface area is 163 Å². The summed E-state index contributed by atoms with van der Waals surface area (Å²) in [6.07, 6.45) is 4.72. The van der Waals surface area contributed by atoms with Gasteiger partial charge in [0.15, 0.2) is 11.5 Å². The fourth-order valence-electron chi connectivity index (χ4n) is 4.06. The number of carbonyl (C=O) groups is 2. The normalized spacial score (nSPS) is 26.4. The monoisotopic (exact) mass is 389 g/mol. The molecule has 27 heavy (non-hydrogen) atoms. The maximum atomic E-state index is 12.5. The number of nitrogens with one attached hydrogen (secondary N) is 1.